The van der Waals surface area contributed by atoms with E-state index in [1.54, 1.807) is 17.5 Å². The standard InChI is InChI=1S/C18H18N4OS/c1-2-20-17(23)22-18-21-15-9-13(12-4-3-7-19-10-12)8-14(11-5-6-11)16(15)24-18/h3-4,7-11H,2,5-6H2,1H3,(H2,20,21,22,23). The topological polar surface area (TPSA) is 66.9 Å². The van der Waals surface area contributed by atoms with Gasteiger partial charge in [0.2, 0.25) is 0 Å². The average Bonchev–Trinajstić information content (AvgIpc) is 3.35. The Bertz CT molecular complexity index is 887. The molecule has 1 fully saturated rings. The van der Waals surface area contributed by atoms with Crippen LogP contribution < -0.4 is 10.6 Å². The fourth-order valence-electron chi connectivity index (χ4n) is 2.81. The molecule has 1 aliphatic rings. The van der Waals surface area contributed by atoms with Gasteiger partial charge in [0.1, 0.15) is 0 Å². The summed E-state index contributed by atoms with van der Waals surface area (Å²) in [5.41, 5.74) is 4.50. The number of nitrogens with zero attached hydrogens (tertiary/aromatic N) is 2. The van der Waals surface area contributed by atoms with Crippen molar-refractivity contribution in [2.45, 2.75) is 25.7 Å². The lowest BCUT2D eigenvalue weighted by Crippen LogP contribution is -2.28. The van der Waals surface area contributed by atoms with E-state index in [0.29, 0.717) is 17.6 Å². The van der Waals surface area contributed by atoms with Gasteiger partial charge in [-0.25, -0.2) is 9.78 Å². The molecule has 2 amide bonds. The molecule has 0 unspecified atom stereocenters. The molecule has 0 atom stereocenters. The van der Waals surface area contributed by atoms with Crippen molar-refractivity contribution in [2.24, 2.45) is 0 Å². The van der Waals surface area contributed by atoms with Gasteiger partial charge in [-0.3, -0.25) is 10.3 Å². The number of hydrogen-bond donors (Lipinski definition) is 2. The summed E-state index contributed by atoms with van der Waals surface area (Å²) < 4.78 is 1.18. The Morgan fingerprint density at radius 3 is 2.92 bits per heavy atom. The van der Waals surface area contributed by atoms with E-state index in [2.05, 4.69) is 38.8 Å². The molecule has 0 aliphatic heterocycles. The number of hydrogen-bond acceptors (Lipinski definition) is 4. The highest BCUT2D eigenvalue weighted by molar-refractivity contribution is 7.22. The molecule has 0 bridgehead atoms. The summed E-state index contributed by atoms with van der Waals surface area (Å²) in [7, 11) is 0. The Labute approximate surface area is 144 Å². The van der Waals surface area contributed by atoms with Crippen LogP contribution in [-0.4, -0.2) is 22.5 Å². The number of pyridine rings is 1. The van der Waals surface area contributed by atoms with Crippen molar-refractivity contribution in [3.05, 3.63) is 42.2 Å². The summed E-state index contributed by atoms with van der Waals surface area (Å²) in [5.74, 6) is 0.613. The van der Waals surface area contributed by atoms with E-state index in [4.69, 9.17) is 0 Å². The largest absolute Gasteiger partial charge is 0.338 e. The summed E-state index contributed by atoms with van der Waals surface area (Å²) >= 11 is 1.55. The Morgan fingerprint density at radius 2 is 2.21 bits per heavy atom. The van der Waals surface area contributed by atoms with Crippen LogP contribution in [0.15, 0.2) is 36.7 Å². The van der Waals surface area contributed by atoms with Crippen LogP contribution >= 0.6 is 11.3 Å². The second kappa shape index (κ2) is 6.20. The molecule has 6 heteroatoms. The zero-order valence-corrected chi connectivity index (χ0v) is 14.2. The number of carbonyl (C=O) groups excluding carboxylic acids is 1. The molecule has 0 spiro atoms. The zero-order chi connectivity index (χ0) is 16.5. The lowest BCUT2D eigenvalue weighted by Gasteiger charge is -2.05. The second-order valence-corrected chi connectivity index (χ2v) is 6.93. The van der Waals surface area contributed by atoms with Crippen LogP contribution in [0.4, 0.5) is 9.93 Å². The first-order valence-corrected chi connectivity index (χ1v) is 8.96. The number of carbonyl (C=O) groups is 1. The Morgan fingerprint density at radius 1 is 1.33 bits per heavy atom. The number of rotatable bonds is 4. The van der Waals surface area contributed by atoms with Gasteiger partial charge in [0.25, 0.3) is 0 Å². The maximum absolute atomic E-state index is 11.7. The quantitative estimate of drug-likeness (QED) is 0.742. The molecule has 0 saturated heterocycles. The summed E-state index contributed by atoms with van der Waals surface area (Å²) in [6.45, 7) is 2.48. The fourth-order valence-corrected chi connectivity index (χ4v) is 3.85. The molecular weight excluding hydrogens is 320 g/mol. The number of amides is 2. The zero-order valence-electron chi connectivity index (χ0n) is 13.4. The van der Waals surface area contributed by atoms with Crippen molar-refractivity contribution in [3.63, 3.8) is 0 Å². The van der Waals surface area contributed by atoms with Gasteiger partial charge in [0.15, 0.2) is 5.13 Å². The number of anilines is 1. The van der Waals surface area contributed by atoms with Crippen molar-refractivity contribution in [1.82, 2.24) is 15.3 Å². The summed E-state index contributed by atoms with van der Waals surface area (Å²) in [5, 5.41) is 6.20. The second-order valence-electron chi connectivity index (χ2n) is 5.93. The minimum absolute atomic E-state index is 0.211. The predicted molar refractivity (Wildman–Crippen MR) is 97.5 cm³/mol. The van der Waals surface area contributed by atoms with Gasteiger partial charge in [-0.15, -0.1) is 0 Å². The van der Waals surface area contributed by atoms with E-state index < -0.39 is 0 Å². The molecular formula is C18H18N4OS. The summed E-state index contributed by atoms with van der Waals surface area (Å²) in [4.78, 5) is 20.6. The first kappa shape index (κ1) is 15.1. The van der Waals surface area contributed by atoms with E-state index in [1.165, 1.54) is 23.1 Å². The number of urea groups is 1. The van der Waals surface area contributed by atoms with Gasteiger partial charge < -0.3 is 5.32 Å². The van der Waals surface area contributed by atoms with Gasteiger partial charge >= 0.3 is 6.03 Å². The maximum atomic E-state index is 11.7. The summed E-state index contributed by atoms with van der Waals surface area (Å²) in [6.07, 6.45) is 6.10. The molecule has 1 aliphatic carbocycles. The Kier molecular flexibility index (Phi) is 3.90. The van der Waals surface area contributed by atoms with Crippen LogP contribution in [0.5, 0.6) is 0 Å². The van der Waals surface area contributed by atoms with Crippen molar-refractivity contribution in [2.75, 3.05) is 11.9 Å². The van der Waals surface area contributed by atoms with Crippen molar-refractivity contribution in [1.29, 1.82) is 0 Å². The predicted octanol–water partition coefficient (Wildman–Crippen LogP) is 4.38. The smallest absolute Gasteiger partial charge is 0.321 e. The van der Waals surface area contributed by atoms with Crippen molar-refractivity contribution < 1.29 is 4.79 Å². The number of benzene rings is 1. The summed E-state index contributed by atoms with van der Waals surface area (Å²) in [6, 6.07) is 8.13. The SMILES string of the molecule is CCNC(=O)Nc1nc2cc(-c3cccnc3)cc(C3CC3)c2s1. The highest BCUT2D eigenvalue weighted by Crippen LogP contribution is 2.46. The van der Waals surface area contributed by atoms with Gasteiger partial charge in [0.05, 0.1) is 10.2 Å². The highest BCUT2D eigenvalue weighted by atomic mass is 32.1. The molecule has 122 valence electrons. The third kappa shape index (κ3) is 2.97. The minimum Gasteiger partial charge on any atom is -0.338 e. The third-order valence-electron chi connectivity index (χ3n) is 4.09. The van der Waals surface area contributed by atoms with Gasteiger partial charge in [-0.1, -0.05) is 17.4 Å². The van der Waals surface area contributed by atoms with E-state index in [9.17, 15) is 4.79 Å². The number of aromatic nitrogens is 2. The maximum Gasteiger partial charge on any atom is 0.321 e. The molecule has 2 aromatic heterocycles. The van der Waals surface area contributed by atoms with Crippen LogP contribution in [0.3, 0.4) is 0 Å². The first-order chi connectivity index (χ1) is 11.7. The van der Waals surface area contributed by atoms with Crippen LogP contribution in [0.1, 0.15) is 31.2 Å². The van der Waals surface area contributed by atoms with Crippen LogP contribution in [0, 0.1) is 0 Å². The molecule has 24 heavy (non-hydrogen) atoms. The third-order valence-corrected chi connectivity index (χ3v) is 5.12. The Hall–Kier alpha value is -2.47. The lowest BCUT2D eigenvalue weighted by atomic mass is 10.0. The van der Waals surface area contributed by atoms with Gasteiger partial charge in [-0.05, 0) is 55.0 Å². The van der Waals surface area contributed by atoms with Crippen LogP contribution in [0.2, 0.25) is 0 Å². The normalized spacial score (nSPS) is 13.9. The Balaban J connectivity index is 1.77. The monoisotopic (exact) mass is 338 g/mol. The number of thiazole rings is 1. The molecule has 1 saturated carbocycles. The molecule has 3 aromatic rings. The molecule has 0 radical (unpaired) electrons. The van der Waals surface area contributed by atoms with E-state index >= 15 is 0 Å². The van der Waals surface area contributed by atoms with Crippen LogP contribution in [-0.2, 0) is 0 Å². The fraction of sp³-hybridized carbons (Fsp3) is 0.278. The van der Waals surface area contributed by atoms with Gasteiger partial charge in [0, 0.05) is 24.5 Å². The molecule has 5 nitrogen and oxygen atoms in total. The van der Waals surface area contributed by atoms with Gasteiger partial charge in [-0.2, -0.15) is 0 Å². The molecule has 4 rings (SSSR count). The van der Waals surface area contributed by atoms with E-state index in [0.717, 1.165) is 16.6 Å². The average molecular weight is 338 g/mol. The number of fused-ring (bicyclic) bond motifs is 1. The lowest BCUT2D eigenvalue weighted by molar-refractivity contribution is 0.252. The highest BCUT2D eigenvalue weighted by Gasteiger charge is 2.27. The van der Waals surface area contributed by atoms with Crippen molar-refractivity contribution >= 4 is 32.7 Å². The molecule has 2 N–H and O–H groups in total. The number of nitrogens with one attached hydrogen (secondary N) is 2. The van der Waals surface area contributed by atoms with E-state index in [-0.39, 0.29) is 6.03 Å². The van der Waals surface area contributed by atoms with E-state index in [1.807, 2.05) is 19.2 Å². The first-order valence-electron chi connectivity index (χ1n) is 8.14. The molecule has 1 aromatic carbocycles. The van der Waals surface area contributed by atoms with Crippen molar-refractivity contribution in [3.8, 4) is 11.1 Å². The minimum atomic E-state index is -0.211. The van der Waals surface area contributed by atoms with Crippen LogP contribution in [0.25, 0.3) is 21.3 Å². The molecule has 2 heterocycles.